The van der Waals surface area contributed by atoms with E-state index in [2.05, 4.69) is 6.58 Å². The van der Waals surface area contributed by atoms with Gasteiger partial charge in [-0.2, -0.15) is 0 Å². The van der Waals surface area contributed by atoms with E-state index in [4.69, 9.17) is 0 Å². The van der Waals surface area contributed by atoms with Crippen molar-refractivity contribution in [2.24, 2.45) is 0 Å². The number of hydrogen-bond donors (Lipinski definition) is 0. The predicted molar refractivity (Wildman–Crippen MR) is 70.2 cm³/mol. The molecule has 1 aliphatic heterocycles. The molecule has 1 aliphatic rings. The van der Waals surface area contributed by atoms with Gasteiger partial charge in [-0.15, -0.1) is 0 Å². The number of hydrogen-bond acceptors (Lipinski definition) is 2. The minimum Gasteiger partial charge on any atom is -0.274 e. The van der Waals surface area contributed by atoms with Crippen LogP contribution in [0.15, 0.2) is 54.6 Å². The molecule has 1 heterocycles. The summed E-state index contributed by atoms with van der Waals surface area (Å²) >= 11 is 0. The van der Waals surface area contributed by atoms with Crippen molar-refractivity contribution in [2.45, 2.75) is 6.42 Å². The molecule has 3 nitrogen and oxygen atoms in total. The summed E-state index contributed by atoms with van der Waals surface area (Å²) in [5.41, 5.74) is 0.995. The highest BCUT2D eigenvalue weighted by atomic mass is 16.2. The SMILES string of the molecule is C=C1CC(=O)N(c2cccc3ccccc23)C1=O. The van der Waals surface area contributed by atoms with Gasteiger partial charge in [-0.05, 0) is 11.5 Å². The maximum Gasteiger partial charge on any atom is 0.260 e. The summed E-state index contributed by atoms with van der Waals surface area (Å²) in [6.45, 7) is 3.63. The van der Waals surface area contributed by atoms with Crippen LogP contribution in [0.1, 0.15) is 6.42 Å². The van der Waals surface area contributed by atoms with Gasteiger partial charge in [0, 0.05) is 11.0 Å². The molecule has 3 rings (SSSR count). The molecule has 0 bridgehead atoms. The molecule has 0 radical (unpaired) electrons. The number of rotatable bonds is 1. The fraction of sp³-hybridized carbons (Fsp3) is 0.0667. The average molecular weight is 237 g/mol. The molecule has 1 fully saturated rings. The molecule has 2 amide bonds. The molecule has 3 heteroatoms. The summed E-state index contributed by atoms with van der Waals surface area (Å²) in [6, 6.07) is 13.3. The van der Waals surface area contributed by atoms with E-state index >= 15 is 0 Å². The smallest absolute Gasteiger partial charge is 0.260 e. The predicted octanol–water partition coefficient (Wildman–Crippen LogP) is 2.66. The zero-order chi connectivity index (χ0) is 12.7. The Morgan fingerprint density at radius 1 is 1.00 bits per heavy atom. The van der Waals surface area contributed by atoms with Gasteiger partial charge in [0.05, 0.1) is 12.1 Å². The van der Waals surface area contributed by atoms with Gasteiger partial charge in [-0.25, -0.2) is 4.90 Å². The first-order valence-electron chi connectivity index (χ1n) is 5.71. The van der Waals surface area contributed by atoms with Crippen molar-refractivity contribution >= 4 is 28.3 Å². The van der Waals surface area contributed by atoms with Crippen LogP contribution in [-0.4, -0.2) is 11.8 Å². The summed E-state index contributed by atoms with van der Waals surface area (Å²) in [7, 11) is 0. The van der Waals surface area contributed by atoms with E-state index in [1.807, 2.05) is 36.4 Å². The molecule has 2 aromatic carbocycles. The van der Waals surface area contributed by atoms with E-state index in [0.717, 1.165) is 10.8 Å². The third-order valence-corrected chi connectivity index (χ3v) is 3.13. The van der Waals surface area contributed by atoms with Crippen molar-refractivity contribution in [3.8, 4) is 0 Å². The molecule has 0 spiro atoms. The fourth-order valence-corrected chi connectivity index (χ4v) is 2.26. The molecule has 18 heavy (non-hydrogen) atoms. The average Bonchev–Trinajstić information content (AvgIpc) is 2.63. The summed E-state index contributed by atoms with van der Waals surface area (Å²) in [5.74, 6) is -0.502. The van der Waals surface area contributed by atoms with Crippen LogP contribution in [0.25, 0.3) is 10.8 Å². The second-order valence-electron chi connectivity index (χ2n) is 4.31. The molecule has 88 valence electrons. The van der Waals surface area contributed by atoms with E-state index in [0.29, 0.717) is 11.3 Å². The normalized spacial score (nSPS) is 15.8. The van der Waals surface area contributed by atoms with Crippen molar-refractivity contribution in [1.29, 1.82) is 0 Å². The lowest BCUT2D eigenvalue weighted by atomic mass is 10.1. The first kappa shape index (κ1) is 10.7. The molecule has 0 aliphatic carbocycles. The highest BCUT2D eigenvalue weighted by Crippen LogP contribution is 2.31. The molecule has 2 aromatic rings. The van der Waals surface area contributed by atoms with Crippen LogP contribution in [0.4, 0.5) is 5.69 Å². The molecule has 0 saturated carbocycles. The zero-order valence-corrected chi connectivity index (χ0v) is 9.72. The fourth-order valence-electron chi connectivity index (χ4n) is 2.26. The van der Waals surface area contributed by atoms with Crippen LogP contribution >= 0.6 is 0 Å². The van der Waals surface area contributed by atoms with Crippen LogP contribution in [0.2, 0.25) is 0 Å². The summed E-state index contributed by atoms with van der Waals surface area (Å²) in [6.07, 6.45) is 0.113. The van der Waals surface area contributed by atoms with Crippen molar-refractivity contribution in [1.82, 2.24) is 0 Å². The maximum atomic E-state index is 12.0. The third-order valence-electron chi connectivity index (χ3n) is 3.13. The summed E-state index contributed by atoms with van der Waals surface area (Å²) in [4.78, 5) is 25.1. The number of nitrogens with zero attached hydrogens (tertiary/aromatic N) is 1. The lowest BCUT2D eigenvalue weighted by Gasteiger charge is -2.16. The van der Waals surface area contributed by atoms with E-state index < -0.39 is 0 Å². The lowest BCUT2D eigenvalue weighted by molar-refractivity contribution is -0.120. The van der Waals surface area contributed by atoms with Gasteiger partial charge in [0.25, 0.3) is 5.91 Å². The molecular weight excluding hydrogens is 226 g/mol. The van der Waals surface area contributed by atoms with E-state index in [9.17, 15) is 9.59 Å². The third kappa shape index (κ3) is 1.44. The number of fused-ring (bicyclic) bond motifs is 1. The molecule has 0 atom stereocenters. The van der Waals surface area contributed by atoms with Crippen LogP contribution in [0.3, 0.4) is 0 Å². The minimum atomic E-state index is -0.295. The Morgan fingerprint density at radius 2 is 1.72 bits per heavy atom. The first-order valence-corrected chi connectivity index (χ1v) is 5.71. The van der Waals surface area contributed by atoms with Crippen LogP contribution in [0.5, 0.6) is 0 Å². The molecular formula is C15H11NO2. The van der Waals surface area contributed by atoms with Crippen molar-refractivity contribution in [2.75, 3.05) is 4.90 Å². The van der Waals surface area contributed by atoms with E-state index in [1.54, 1.807) is 6.07 Å². The number of carbonyl (C=O) groups is 2. The van der Waals surface area contributed by atoms with Gasteiger partial charge < -0.3 is 0 Å². The minimum absolute atomic E-state index is 0.113. The Balaban J connectivity index is 2.24. The molecule has 0 aromatic heterocycles. The summed E-state index contributed by atoms with van der Waals surface area (Å²) in [5, 5.41) is 1.91. The maximum absolute atomic E-state index is 12.0. The monoisotopic (exact) mass is 237 g/mol. The van der Waals surface area contributed by atoms with Crippen molar-refractivity contribution in [3.63, 3.8) is 0 Å². The number of benzene rings is 2. The van der Waals surface area contributed by atoms with Gasteiger partial charge in [-0.3, -0.25) is 9.59 Å². The Bertz CT molecular complexity index is 682. The van der Waals surface area contributed by atoms with Gasteiger partial charge in [-0.1, -0.05) is 43.0 Å². The number of anilines is 1. The highest BCUT2D eigenvalue weighted by Gasteiger charge is 2.34. The number of carbonyl (C=O) groups excluding carboxylic acids is 2. The Hall–Kier alpha value is -2.42. The topological polar surface area (TPSA) is 37.4 Å². The Labute approximate surface area is 104 Å². The second-order valence-corrected chi connectivity index (χ2v) is 4.31. The van der Waals surface area contributed by atoms with Gasteiger partial charge in [0.15, 0.2) is 0 Å². The van der Waals surface area contributed by atoms with Crippen LogP contribution in [-0.2, 0) is 9.59 Å². The van der Waals surface area contributed by atoms with Crippen molar-refractivity contribution in [3.05, 3.63) is 54.6 Å². The zero-order valence-electron chi connectivity index (χ0n) is 9.72. The van der Waals surface area contributed by atoms with Crippen molar-refractivity contribution < 1.29 is 9.59 Å². The van der Waals surface area contributed by atoms with Crippen LogP contribution in [0, 0.1) is 0 Å². The summed E-state index contributed by atoms with van der Waals surface area (Å²) < 4.78 is 0. The van der Waals surface area contributed by atoms with Gasteiger partial charge in [0.2, 0.25) is 5.91 Å². The Kier molecular flexibility index (Phi) is 2.27. The number of imide groups is 1. The second kappa shape index (κ2) is 3.81. The number of amides is 2. The largest absolute Gasteiger partial charge is 0.274 e. The lowest BCUT2D eigenvalue weighted by Crippen LogP contribution is -2.29. The first-order chi connectivity index (χ1) is 8.68. The molecule has 0 N–H and O–H groups in total. The standard InChI is InChI=1S/C15H11NO2/c1-10-9-14(17)16(15(10)18)13-8-4-6-11-5-2-3-7-12(11)13/h2-8H,1,9H2. The molecule has 1 saturated heterocycles. The van der Waals surface area contributed by atoms with E-state index in [-0.39, 0.29) is 18.2 Å². The van der Waals surface area contributed by atoms with Gasteiger partial charge >= 0.3 is 0 Å². The molecule has 0 unspecified atom stereocenters. The Morgan fingerprint density at radius 3 is 2.44 bits per heavy atom. The van der Waals surface area contributed by atoms with E-state index in [1.165, 1.54) is 4.90 Å². The van der Waals surface area contributed by atoms with Crippen LogP contribution < -0.4 is 4.90 Å². The highest BCUT2D eigenvalue weighted by molar-refractivity contribution is 6.30. The van der Waals surface area contributed by atoms with Gasteiger partial charge in [0.1, 0.15) is 0 Å². The quantitative estimate of drug-likeness (QED) is 0.565.